The summed E-state index contributed by atoms with van der Waals surface area (Å²) in [5.41, 5.74) is 1.56. The number of carbonyl (C=O) groups is 2. The molecule has 2 aromatic carbocycles. The first kappa shape index (κ1) is 13.8. The largest absolute Gasteiger partial charge is 0.497 e. The molecule has 2 aromatic rings. The van der Waals surface area contributed by atoms with E-state index in [2.05, 4.69) is 0 Å². The van der Waals surface area contributed by atoms with Crippen molar-refractivity contribution in [3.05, 3.63) is 65.2 Å². The second-order valence-electron chi connectivity index (χ2n) is 5.80. The van der Waals surface area contributed by atoms with Gasteiger partial charge in [0.25, 0.3) is 0 Å². The van der Waals surface area contributed by atoms with Crippen molar-refractivity contribution in [1.82, 2.24) is 0 Å². The number of ether oxygens (including phenoxy) is 1. The minimum absolute atomic E-state index is 0.181. The predicted octanol–water partition coefficient (Wildman–Crippen LogP) is 2.82. The van der Waals surface area contributed by atoms with Gasteiger partial charge in [-0.3, -0.25) is 9.59 Å². The highest BCUT2D eigenvalue weighted by atomic mass is 16.5. The summed E-state index contributed by atoms with van der Waals surface area (Å²) in [6, 6.07) is 12.8. The Kier molecular flexibility index (Phi) is 2.73. The lowest BCUT2D eigenvalue weighted by molar-refractivity contribution is -0.120. The van der Waals surface area contributed by atoms with Crippen molar-refractivity contribution >= 4 is 23.5 Å². The number of likely N-dealkylation sites (N-methyl/N-ethyl adjacent to an activating group) is 1. The smallest absolute Gasteiger partial charge is 0.249 e. The first-order valence-corrected chi connectivity index (χ1v) is 7.39. The maximum atomic E-state index is 13.2. The average molecular weight is 305 g/mol. The fraction of sp³-hybridized carbons (Fsp3) is 0.158. The SMILES string of the molecule is COc1ccc2c(c1)[C@]1(C=Cc3ccccc3C1=O)C(=O)N2C. The van der Waals surface area contributed by atoms with E-state index in [-0.39, 0.29) is 11.7 Å². The maximum absolute atomic E-state index is 13.2. The molecule has 0 fully saturated rings. The van der Waals surface area contributed by atoms with Crippen LogP contribution in [0.1, 0.15) is 21.5 Å². The molecule has 0 radical (unpaired) electrons. The van der Waals surface area contributed by atoms with Crippen LogP contribution in [-0.2, 0) is 10.2 Å². The second-order valence-corrected chi connectivity index (χ2v) is 5.80. The van der Waals surface area contributed by atoms with E-state index < -0.39 is 5.41 Å². The van der Waals surface area contributed by atoms with Gasteiger partial charge in [-0.1, -0.05) is 36.4 Å². The van der Waals surface area contributed by atoms with Gasteiger partial charge in [0.2, 0.25) is 5.91 Å². The van der Waals surface area contributed by atoms with Crippen molar-refractivity contribution in [3.8, 4) is 5.75 Å². The van der Waals surface area contributed by atoms with E-state index in [1.165, 1.54) is 0 Å². The van der Waals surface area contributed by atoms with Crippen molar-refractivity contribution in [2.75, 3.05) is 19.1 Å². The van der Waals surface area contributed by atoms with E-state index in [1.54, 1.807) is 43.3 Å². The monoisotopic (exact) mass is 305 g/mol. The number of ketones is 1. The fourth-order valence-electron chi connectivity index (χ4n) is 3.47. The lowest BCUT2D eigenvalue weighted by Crippen LogP contribution is -2.45. The van der Waals surface area contributed by atoms with Crippen LogP contribution in [0, 0.1) is 0 Å². The third-order valence-electron chi connectivity index (χ3n) is 4.71. The van der Waals surface area contributed by atoms with Crippen molar-refractivity contribution in [2.45, 2.75) is 5.41 Å². The number of nitrogens with zero attached hydrogens (tertiary/aromatic N) is 1. The topological polar surface area (TPSA) is 46.6 Å². The van der Waals surface area contributed by atoms with Gasteiger partial charge in [0.1, 0.15) is 5.75 Å². The van der Waals surface area contributed by atoms with Crippen molar-refractivity contribution in [3.63, 3.8) is 0 Å². The lowest BCUT2D eigenvalue weighted by Gasteiger charge is -2.27. The Morgan fingerprint density at radius 1 is 1.09 bits per heavy atom. The summed E-state index contributed by atoms with van der Waals surface area (Å²) < 4.78 is 5.28. The Labute approximate surface area is 134 Å². The van der Waals surface area contributed by atoms with Crippen LogP contribution >= 0.6 is 0 Å². The highest BCUT2D eigenvalue weighted by Crippen LogP contribution is 2.47. The van der Waals surface area contributed by atoms with Crippen molar-refractivity contribution in [2.24, 2.45) is 0 Å². The van der Waals surface area contributed by atoms with Crippen LogP contribution < -0.4 is 9.64 Å². The molecule has 0 saturated heterocycles. The molecule has 4 nitrogen and oxygen atoms in total. The quantitative estimate of drug-likeness (QED) is 0.761. The molecule has 114 valence electrons. The molecule has 0 saturated carbocycles. The van der Waals surface area contributed by atoms with Gasteiger partial charge in [-0.15, -0.1) is 0 Å². The normalized spacial score (nSPS) is 21.6. The number of hydrogen-bond acceptors (Lipinski definition) is 3. The molecule has 0 bridgehead atoms. The van der Waals surface area contributed by atoms with Crippen LogP contribution in [0.4, 0.5) is 5.69 Å². The molecule has 1 atom stereocenters. The number of anilines is 1. The Balaban J connectivity index is 2.00. The maximum Gasteiger partial charge on any atom is 0.249 e. The molecule has 0 unspecified atom stereocenters. The molecule has 1 aliphatic carbocycles. The zero-order valence-electron chi connectivity index (χ0n) is 12.9. The average Bonchev–Trinajstić information content (AvgIpc) is 2.80. The molecule has 0 N–H and O–H groups in total. The molecule has 1 aliphatic heterocycles. The van der Waals surface area contributed by atoms with Crippen molar-refractivity contribution in [1.29, 1.82) is 0 Å². The van der Waals surface area contributed by atoms with Gasteiger partial charge in [-0.2, -0.15) is 0 Å². The van der Waals surface area contributed by atoms with Crippen LogP contribution in [0.15, 0.2) is 48.5 Å². The predicted molar refractivity (Wildman–Crippen MR) is 87.9 cm³/mol. The van der Waals surface area contributed by atoms with Gasteiger partial charge in [-0.25, -0.2) is 0 Å². The second kappa shape index (κ2) is 4.56. The molecule has 1 spiro atoms. The van der Waals surface area contributed by atoms with E-state index in [0.717, 1.165) is 11.3 Å². The summed E-state index contributed by atoms with van der Waals surface area (Å²) in [7, 11) is 3.27. The molecule has 4 rings (SSSR count). The van der Waals surface area contributed by atoms with Gasteiger partial charge >= 0.3 is 0 Å². The van der Waals surface area contributed by atoms with E-state index in [1.807, 2.05) is 30.3 Å². The number of methoxy groups -OCH3 is 1. The number of hydrogen-bond donors (Lipinski definition) is 0. The Morgan fingerprint density at radius 2 is 1.87 bits per heavy atom. The molecule has 23 heavy (non-hydrogen) atoms. The van der Waals surface area contributed by atoms with Crippen LogP contribution in [0.3, 0.4) is 0 Å². The van der Waals surface area contributed by atoms with Gasteiger partial charge in [0.05, 0.1) is 7.11 Å². The van der Waals surface area contributed by atoms with Gasteiger partial charge < -0.3 is 9.64 Å². The van der Waals surface area contributed by atoms with E-state index in [0.29, 0.717) is 16.9 Å². The third-order valence-corrected chi connectivity index (χ3v) is 4.71. The number of carbonyl (C=O) groups excluding carboxylic acids is 2. The van der Waals surface area contributed by atoms with Crippen LogP contribution in [0.5, 0.6) is 5.75 Å². The fourth-order valence-corrected chi connectivity index (χ4v) is 3.47. The number of rotatable bonds is 1. The number of amides is 1. The van der Waals surface area contributed by atoms with Gasteiger partial charge in [-0.05, 0) is 23.8 Å². The zero-order chi connectivity index (χ0) is 16.2. The van der Waals surface area contributed by atoms with Crippen LogP contribution in [0.2, 0.25) is 0 Å². The summed E-state index contributed by atoms with van der Waals surface area (Å²) >= 11 is 0. The molecular weight excluding hydrogens is 290 g/mol. The first-order chi connectivity index (χ1) is 11.1. The Hall–Kier alpha value is -2.88. The van der Waals surface area contributed by atoms with Gasteiger partial charge in [0.15, 0.2) is 11.2 Å². The summed E-state index contributed by atoms with van der Waals surface area (Å²) in [6.07, 6.45) is 3.58. The minimum atomic E-state index is -1.28. The lowest BCUT2D eigenvalue weighted by atomic mass is 9.71. The molecule has 2 aliphatic rings. The molecule has 4 heteroatoms. The van der Waals surface area contributed by atoms with Crippen LogP contribution in [-0.4, -0.2) is 25.8 Å². The highest BCUT2D eigenvalue weighted by Gasteiger charge is 2.55. The highest BCUT2D eigenvalue weighted by molar-refractivity contribution is 6.30. The molecule has 1 heterocycles. The first-order valence-electron chi connectivity index (χ1n) is 7.39. The Morgan fingerprint density at radius 3 is 2.65 bits per heavy atom. The van der Waals surface area contributed by atoms with E-state index in [9.17, 15) is 9.59 Å². The molecule has 0 aromatic heterocycles. The molecular formula is C19H15NO3. The third kappa shape index (κ3) is 1.60. The minimum Gasteiger partial charge on any atom is -0.497 e. The Bertz CT molecular complexity index is 884. The summed E-state index contributed by atoms with van der Waals surface area (Å²) in [5, 5.41) is 0. The zero-order valence-corrected chi connectivity index (χ0v) is 12.9. The van der Waals surface area contributed by atoms with E-state index in [4.69, 9.17) is 4.74 Å². The number of fused-ring (bicyclic) bond motifs is 3. The number of Topliss-reactive ketones (excluding diaryl/α,β-unsaturated/α-hetero) is 1. The summed E-state index contributed by atoms with van der Waals surface area (Å²) in [5.74, 6) is 0.224. The van der Waals surface area contributed by atoms with Crippen LogP contribution in [0.25, 0.3) is 6.08 Å². The van der Waals surface area contributed by atoms with Crippen molar-refractivity contribution < 1.29 is 14.3 Å². The summed E-state index contributed by atoms with van der Waals surface area (Å²) in [4.78, 5) is 27.7. The van der Waals surface area contributed by atoms with Gasteiger partial charge in [0, 0.05) is 23.9 Å². The molecule has 1 amide bonds. The summed E-state index contributed by atoms with van der Waals surface area (Å²) in [6.45, 7) is 0. The number of benzene rings is 2. The van der Waals surface area contributed by atoms with E-state index >= 15 is 0 Å². The standard InChI is InChI=1S/C19H15NO3/c1-20-16-8-7-13(23-2)11-15(16)19(18(20)22)10-9-12-5-3-4-6-14(12)17(19)21/h3-11H,1-2H3/t19-/m0/s1.